The lowest BCUT2D eigenvalue weighted by Crippen LogP contribution is -2.29. The molecular formula is C37H38N2P2. The van der Waals surface area contributed by atoms with Gasteiger partial charge >= 0.3 is 0 Å². The maximum absolute atomic E-state index is 2.98. The SMILES string of the molecule is CCCCN(P(c1ccccc1)c1ccccc1)P1[C@H](c2ccccc2)N(c2ccccc2)C[C@H]1c1ccccc1. The van der Waals surface area contributed by atoms with Gasteiger partial charge in [-0.05, 0) is 40.3 Å². The molecular weight excluding hydrogens is 534 g/mol. The van der Waals surface area contributed by atoms with Crippen molar-refractivity contribution in [3.05, 3.63) is 163 Å². The van der Waals surface area contributed by atoms with Crippen LogP contribution in [0.4, 0.5) is 5.69 Å². The second-order valence-corrected chi connectivity index (χ2v) is 15.3. The number of unbranched alkanes of at least 4 members (excludes halogenated alkanes) is 1. The molecule has 0 bridgehead atoms. The molecule has 0 spiro atoms. The van der Waals surface area contributed by atoms with Gasteiger partial charge < -0.3 is 4.90 Å². The highest BCUT2D eigenvalue weighted by Gasteiger charge is 2.48. The average Bonchev–Trinajstić information content (AvgIpc) is 3.45. The van der Waals surface area contributed by atoms with Crippen LogP contribution in [0.5, 0.6) is 0 Å². The molecule has 6 rings (SSSR count). The minimum atomic E-state index is -0.723. The summed E-state index contributed by atoms with van der Waals surface area (Å²) in [4.78, 5) is 2.71. The van der Waals surface area contributed by atoms with Crippen LogP contribution in [0.2, 0.25) is 0 Å². The predicted octanol–water partition coefficient (Wildman–Crippen LogP) is 9.49. The molecule has 5 aromatic carbocycles. The molecule has 1 saturated heterocycles. The highest BCUT2D eigenvalue weighted by molar-refractivity contribution is 7.79. The fourth-order valence-corrected chi connectivity index (χ4v) is 13.2. The Kier molecular flexibility index (Phi) is 9.24. The van der Waals surface area contributed by atoms with Gasteiger partial charge in [0.1, 0.15) is 0 Å². The molecule has 2 nitrogen and oxygen atoms in total. The van der Waals surface area contributed by atoms with Gasteiger partial charge in [-0.15, -0.1) is 0 Å². The Hall–Kier alpha value is -3.28. The van der Waals surface area contributed by atoms with E-state index in [2.05, 4.69) is 168 Å². The molecule has 41 heavy (non-hydrogen) atoms. The fourth-order valence-electron chi connectivity index (χ4n) is 5.90. The smallest absolute Gasteiger partial charge is 0.0884 e. The third-order valence-electron chi connectivity index (χ3n) is 7.82. The van der Waals surface area contributed by atoms with E-state index in [-0.39, 0.29) is 5.78 Å². The first-order valence-electron chi connectivity index (χ1n) is 14.7. The lowest BCUT2D eigenvalue weighted by atomic mass is 10.1. The number of benzene rings is 5. The van der Waals surface area contributed by atoms with Crippen molar-refractivity contribution in [2.75, 3.05) is 18.0 Å². The van der Waals surface area contributed by atoms with Crippen LogP contribution in [0.1, 0.15) is 42.3 Å². The zero-order valence-electron chi connectivity index (χ0n) is 23.7. The Morgan fingerprint density at radius 2 is 1.10 bits per heavy atom. The molecule has 1 unspecified atom stereocenters. The van der Waals surface area contributed by atoms with Crippen molar-refractivity contribution in [3.63, 3.8) is 0 Å². The molecule has 1 aliphatic rings. The fraction of sp³-hybridized carbons (Fsp3) is 0.189. The van der Waals surface area contributed by atoms with E-state index in [4.69, 9.17) is 0 Å². The van der Waals surface area contributed by atoms with Crippen LogP contribution in [0.3, 0.4) is 0 Å². The van der Waals surface area contributed by atoms with Crippen LogP contribution in [-0.2, 0) is 0 Å². The molecule has 0 saturated carbocycles. The molecule has 0 aliphatic carbocycles. The van der Waals surface area contributed by atoms with Gasteiger partial charge in [0.25, 0.3) is 0 Å². The molecule has 3 atom stereocenters. The van der Waals surface area contributed by atoms with E-state index in [0.717, 1.165) is 13.1 Å². The van der Waals surface area contributed by atoms with Gasteiger partial charge in [-0.3, -0.25) is 0 Å². The highest BCUT2D eigenvalue weighted by atomic mass is 31.2. The Morgan fingerprint density at radius 1 is 0.634 bits per heavy atom. The Morgan fingerprint density at radius 3 is 1.61 bits per heavy atom. The first-order valence-corrected chi connectivity index (χ1v) is 17.5. The lowest BCUT2D eigenvalue weighted by molar-refractivity contribution is 0.632. The normalized spacial score (nSPS) is 18.7. The molecule has 0 amide bonds. The minimum absolute atomic E-state index is 0.285. The molecule has 206 valence electrons. The maximum Gasteiger partial charge on any atom is 0.0884 e. The number of anilines is 1. The van der Waals surface area contributed by atoms with Crippen molar-refractivity contribution in [1.29, 1.82) is 0 Å². The van der Waals surface area contributed by atoms with E-state index in [9.17, 15) is 0 Å². The van der Waals surface area contributed by atoms with Crippen LogP contribution >= 0.6 is 16.1 Å². The van der Waals surface area contributed by atoms with Crippen LogP contribution in [-0.4, -0.2) is 17.5 Å². The van der Waals surface area contributed by atoms with Crippen LogP contribution < -0.4 is 15.5 Å². The van der Waals surface area contributed by atoms with E-state index in [1.54, 1.807) is 0 Å². The van der Waals surface area contributed by atoms with E-state index >= 15 is 0 Å². The summed E-state index contributed by atoms with van der Waals surface area (Å²) in [6.45, 7) is 4.43. The van der Waals surface area contributed by atoms with E-state index in [1.807, 2.05) is 0 Å². The van der Waals surface area contributed by atoms with Crippen molar-refractivity contribution in [2.45, 2.75) is 31.2 Å². The van der Waals surface area contributed by atoms with Gasteiger partial charge in [0, 0.05) is 40.6 Å². The molecule has 1 aliphatic heterocycles. The van der Waals surface area contributed by atoms with Gasteiger partial charge in [-0.1, -0.05) is 153 Å². The number of hydrogen-bond acceptors (Lipinski definition) is 2. The molecule has 0 radical (unpaired) electrons. The summed E-state index contributed by atoms with van der Waals surface area (Å²) in [5, 5.41) is 2.87. The number of nitrogens with zero attached hydrogens (tertiary/aromatic N) is 2. The van der Waals surface area contributed by atoms with Gasteiger partial charge in [0.05, 0.1) is 5.78 Å². The predicted molar refractivity (Wildman–Crippen MR) is 180 cm³/mol. The van der Waals surface area contributed by atoms with Gasteiger partial charge in [-0.2, -0.15) is 0 Å². The molecule has 4 heteroatoms. The van der Waals surface area contributed by atoms with Crippen molar-refractivity contribution in [1.82, 2.24) is 4.44 Å². The minimum Gasteiger partial charge on any atom is -0.358 e. The summed E-state index contributed by atoms with van der Waals surface area (Å²) in [6.07, 6.45) is 2.37. The zero-order valence-corrected chi connectivity index (χ0v) is 25.5. The van der Waals surface area contributed by atoms with Crippen LogP contribution in [0.25, 0.3) is 0 Å². The van der Waals surface area contributed by atoms with Gasteiger partial charge in [0.15, 0.2) is 0 Å². The van der Waals surface area contributed by atoms with E-state index in [1.165, 1.54) is 40.3 Å². The topological polar surface area (TPSA) is 6.48 Å². The highest BCUT2D eigenvalue weighted by Crippen LogP contribution is 2.74. The summed E-state index contributed by atoms with van der Waals surface area (Å²) in [6, 6.07) is 56.3. The Bertz CT molecular complexity index is 1430. The lowest BCUT2D eigenvalue weighted by Gasteiger charge is -2.43. The Balaban J connectivity index is 1.57. The molecule has 0 N–H and O–H groups in total. The molecule has 5 aromatic rings. The van der Waals surface area contributed by atoms with Crippen LogP contribution in [0.15, 0.2) is 152 Å². The van der Waals surface area contributed by atoms with E-state index < -0.39 is 16.1 Å². The third-order valence-corrected chi connectivity index (χ3v) is 14.1. The second kappa shape index (κ2) is 13.6. The summed E-state index contributed by atoms with van der Waals surface area (Å²) in [5.41, 5.74) is 4.60. The largest absolute Gasteiger partial charge is 0.358 e. The van der Waals surface area contributed by atoms with Crippen LogP contribution in [0, 0.1) is 0 Å². The van der Waals surface area contributed by atoms with E-state index in [0.29, 0.717) is 5.66 Å². The van der Waals surface area contributed by atoms with Crippen molar-refractivity contribution in [3.8, 4) is 0 Å². The van der Waals surface area contributed by atoms with Gasteiger partial charge in [-0.25, -0.2) is 4.44 Å². The third kappa shape index (κ3) is 6.17. The second-order valence-electron chi connectivity index (χ2n) is 10.5. The summed E-state index contributed by atoms with van der Waals surface area (Å²) < 4.78 is 2.98. The summed E-state index contributed by atoms with van der Waals surface area (Å²) in [5.74, 6) is 0.285. The van der Waals surface area contributed by atoms with Crippen molar-refractivity contribution in [2.24, 2.45) is 0 Å². The zero-order chi connectivity index (χ0) is 27.9. The number of hydrogen-bond donors (Lipinski definition) is 0. The average molecular weight is 573 g/mol. The van der Waals surface area contributed by atoms with Crippen molar-refractivity contribution >= 4 is 32.4 Å². The first kappa shape index (κ1) is 27.9. The van der Waals surface area contributed by atoms with Crippen molar-refractivity contribution < 1.29 is 0 Å². The summed E-state index contributed by atoms with van der Waals surface area (Å²) in [7, 11) is -1.38. The molecule has 1 heterocycles. The quantitative estimate of drug-likeness (QED) is 0.154. The number of rotatable bonds is 10. The monoisotopic (exact) mass is 572 g/mol. The Labute approximate surface area is 248 Å². The maximum atomic E-state index is 2.98. The first-order chi connectivity index (χ1) is 20.3. The van der Waals surface area contributed by atoms with Gasteiger partial charge in [0.2, 0.25) is 0 Å². The summed E-state index contributed by atoms with van der Waals surface area (Å²) >= 11 is 0. The standard InChI is InChI=1S/C37H38N2P2/c1-2-3-29-39(40(34-25-15-7-16-26-34)35-27-17-8-18-28-35)41-36(31-19-9-4-10-20-31)30-38(33-23-13-6-14-24-33)37(41)32-21-11-5-12-22-32/h4-28,36-37H,2-3,29-30H2,1H3/t36-,37+,41?/m0/s1. The molecule has 0 aromatic heterocycles. The number of para-hydroxylation sites is 1. The molecule has 1 fully saturated rings.